The number of hydrogen-bond donors (Lipinski definition) is 2. The fourth-order valence-electron chi connectivity index (χ4n) is 6.28. The molecule has 1 saturated heterocycles. The monoisotopic (exact) mass is 389 g/mol. The number of rotatable bonds is 5. The van der Waals surface area contributed by atoms with Crippen LogP contribution in [0.2, 0.25) is 0 Å². The molecule has 28 heavy (non-hydrogen) atoms. The predicted molar refractivity (Wildman–Crippen MR) is 103 cm³/mol. The van der Waals surface area contributed by atoms with Crippen molar-refractivity contribution >= 4 is 11.8 Å². The molecule has 4 rings (SSSR count). The van der Waals surface area contributed by atoms with Crippen molar-refractivity contribution in [1.29, 1.82) is 0 Å². The average Bonchev–Trinajstić information content (AvgIpc) is 3.28. The van der Waals surface area contributed by atoms with Gasteiger partial charge in [-0.1, -0.05) is 19.0 Å². The highest BCUT2D eigenvalue weighted by Crippen LogP contribution is 2.68. The molecule has 2 saturated carbocycles. The van der Waals surface area contributed by atoms with Gasteiger partial charge in [-0.2, -0.15) is 0 Å². The normalized spacial score (nSPS) is 35.4. The molecule has 2 aliphatic carbocycles. The van der Waals surface area contributed by atoms with Gasteiger partial charge in [0.15, 0.2) is 0 Å². The maximum atomic E-state index is 12.2. The van der Waals surface area contributed by atoms with Gasteiger partial charge >= 0.3 is 0 Å². The lowest BCUT2D eigenvalue weighted by atomic mass is 9.59. The smallest absolute Gasteiger partial charge is 0.289 e. The van der Waals surface area contributed by atoms with Crippen molar-refractivity contribution in [2.45, 2.75) is 65.5 Å². The molecule has 1 aromatic heterocycles. The zero-order valence-corrected chi connectivity index (χ0v) is 17.2. The number of nitrogens with zero attached hydrogens (tertiary/aromatic N) is 1. The van der Waals surface area contributed by atoms with E-state index in [1.54, 1.807) is 19.9 Å². The molecular weight excluding hydrogens is 358 g/mol. The summed E-state index contributed by atoms with van der Waals surface area (Å²) in [6, 6.07) is 1.83. The van der Waals surface area contributed by atoms with Crippen LogP contribution >= 0.6 is 0 Å². The molecule has 2 bridgehead atoms. The summed E-state index contributed by atoms with van der Waals surface area (Å²) in [4.78, 5) is 24.1. The van der Waals surface area contributed by atoms with Crippen molar-refractivity contribution in [2.24, 2.45) is 22.7 Å². The number of carbonyl (C=O) groups excluding carboxylic acids is 2. The third-order valence-corrected chi connectivity index (χ3v) is 7.54. The van der Waals surface area contributed by atoms with Gasteiger partial charge in [-0.05, 0) is 55.3 Å². The molecule has 2 heterocycles. The Labute approximate surface area is 165 Å². The Morgan fingerprint density at radius 1 is 1.36 bits per heavy atom. The van der Waals surface area contributed by atoms with Crippen LogP contribution in [0.5, 0.6) is 0 Å². The lowest BCUT2D eigenvalue weighted by molar-refractivity contribution is -0.135. The highest BCUT2D eigenvalue weighted by molar-refractivity contribution is 5.91. The van der Waals surface area contributed by atoms with Gasteiger partial charge in [0.05, 0.1) is 11.8 Å². The van der Waals surface area contributed by atoms with Crippen LogP contribution in [0, 0.1) is 29.6 Å². The molecule has 5 atom stereocenters. The molecule has 0 unspecified atom stereocenters. The zero-order chi connectivity index (χ0) is 20.1. The Morgan fingerprint density at radius 2 is 2.14 bits per heavy atom. The Hall–Kier alpha value is -1.89. The summed E-state index contributed by atoms with van der Waals surface area (Å²) in [7, 11) is 0. The molecule has 0 radical (unpaired) electrons. The number of fused-ring (bicyclic) bond motifs is 1. The van der Waals surface area contributed by atoms with E-state index in [2.05, 4.69) is 29.6 Å². The van der Waals surface area contributed by atoms with E-state index in [-0.39, 0.29) is 40.6 Å². The molecule has 2 N–H and O–H groups in total. The van der Waals surface area contributed by atoms with E-state index in [0.29, 0.717) is 24.1 Å². The summed E-state index contributed by atoms with van der Waals surface area (Å²) in [5.41, 5.74) is 0.924. The van der Waals surface area contributed by atoms with Crippen molar-refractivity contribution in [3.63, 3.8) is 0 Å². The van der Waals surface area contributed by atoms with Gasteiger partial charge in [-0.25, -0.2) is 0 Å². The highest BCUT2D eigenvalue weighted by atomic mass is 16.5. The Balaban J connectivity index is 1.42. The highest BCUT2D eigenvalue weighted by Gasteiger charge is 2.68. The van der Waals surface area contributed by atoms with E-state index in [1.165, 1.54) is 6.42 Å². The number of nitrogens with one attached hydrogen (secondary N) is 2. The van der Waals surface area contributed by atoms with Gasteiger partial charge in [-0.3, -0.25) is 9.59 Å². The fourth-order valence-corrected chi connectivity index (χ4v) is 6.28. The molecule has 7 nitrogen and oxygen atoms in total. The fraction of sp³-hybridized carbons (Fsp3) is 0.762. The Morgan fingerprint density at radius 3 is 2.82 bits per heavy atom. The third-order valence-electron chi connectivity index (χ3n) is 7.54. The molecule has 1 aromatic rings. The number of ether oxygens (including phenoxy) is 1. The van der Waals surface area contributed by atoms with E-state index in [9.17, 15) is 9.59 Å². The molecule has 154 valence electrons. The first-order chi connectivity index (χ1) is 13.2. The topological polar surface area (TPSA) is 93.5 Å². The largest absolute Gasteiger partial charge is 0.378 e. The van der Waals surface area contributed by atoms with Crippen molar-refractivity contribution in [3.8, 4) is 0 Å². The summed E-state index contributed by atoms with van der Waals surface area (Å²) in [6.45, 7) is 9.26. The van der Waals surface area contributed by atoms with Crippen LogP contribution in [0.15, 0.2) is 10.6 Å². The van der Waals surface area contributed by atoms with Crippen LogP contribution in [-0.2, 0) is 9.53 Å². The Bertz CT molecular complexity index is 773. The molecule has 1 spiro atoms. The number of aromatic nitrogens is 1. The van der Waals surface area contributed by atoms with Crippen LogP contribution < -0.4 is 10.6 Å². The van der Waals surface area contributed by atoms with Crippen molar-refractivity contribution in [1.82, 2.24) is 15.8 Å². The van der Waals surface area contributed by atoms with Gasteiger partial charge in [0.1, 0.15) is 0 Å². The second-order valence-corrected chi connectivity index (χ2v) is 9.47. The van der Waals surface area contributed by atoms with Crippen LogP contribution in [0.1, 0.15) is 62.7 Å². The van der Waals surface area contributed by atoms with Crippen LogP contribution in [0.25, 0.3) is 0 Å². The lowest BCUT2D eigenvalue weighted by Gasteiger charge is -2.53. The standard InChI is InChI=1S/C21H31N3O4/c1-12-9-17(28-24-12)18(26)22-7-5-16-15-10-14-11-21(15,6-8-27-16)19(20(14,3)4)23-13(2)25/h9,14-16,19H,5-8,10-11H2,1-4H3,(H,22,26)(H,23,25)/t14-,15-,16-,19+,21-/m1/s1. The second-order valence-electron chi connectivity index (χ2n) is 9.47. The average molecular weight is 389 g/mol. The van der Waals surface area contributed by atoms with Crippen LogP contribution in [0.3, 0.4) is 0 Å². The van der Waals surface area contributed by atoms with E-state index in [0.717, 1.165) is 25.9 Å². The maximum Gasteiger partial charge on any atom is 0.289 e. The second kappa shape index (κ2) is 6.87. The predicted octanol–water partition coefficient (Wildman–Crippen LogP) is 2.45. The van der Waals surface area contributed by atoms with Gasteiger partial charge in [0, 0.05) is 32.2 Å². The van der Waals surface area contributed by atoms with Gasteiger partial charge in [-0.15, -0.1) is 0 Å². The van der Waals surface area contributed by atoms with Crippen LogP contribution in [-0.4, -0.2) is 42.3 Å². The molecule has 1 aliphatic heterocycles. The molecule has 3 fully saturated rings. The number of aryl methyl sites for hydroxylation is 1. The quantitative estimate of drug-likeness (QED) is 0.807. The number of amides is 2. The van der Waals surface area contributed by atoms with Crippen molar-refractivity contribution < 1.29 is 18.8 Å². The summed E-state index contributed by atoms with van der Waals surface area (Å²) >= 11 is 0. The molecule has 3 aliphatic rings. The van der Waals surface area contributed by atoms with Gasteiger partial charge < -0.3 is 19.9 Å². The lowest BCUT2D eigenvalue weighted by Crippen LogP contribution is -2.60. The van der Waals surface area contributed by atoms with E-state index in [4.69, 9.17) is 9.26 Å². The maximum absolute atomic E-state index is 12.2. The van der Waals surface area contributed by atoms with Crippen molar-refractivity contribution in [2.75, 3.05) is 13.2 Å². The van der Waals surface area contributed by atoms with Gasteiger partial charge in [0.2, 0.25) is 11.7 Å². The molecular formula is C21H31N3O4. The Kier molecular flexibility index (Phi) is 4.76. The van der Waals surface area contributed by atoms with Crippen LogP contribution in [0.4, 0.5) is 0 Å². The summed E-state index contributed by atoms with van der Waals surface area (Å²) in [6.07, 6.45) is 4.19. The first kappa shape index (κ1) is 19.4. The van der Waals surface area contributed by atoms with E-state index < -0.39 is 0 Å². The van der Waals surface area contributed by atoms with E-state index >= 15 is 0 Å². The number of carbonyl (C=O) groups is 2. The van der Waals surface area contributed by atoms with E-state index in [1.807, 2.05) is 0 Å². The minimum absolute atomic E-state index is 0.0522. The minimum Gasteiger partial charge on any atom is -0.378 e. The third kappa shape index (κ3) is 3.04. The summed E-state index contributed by atoms with van der Waals surface area (Å²) in [5.74, 6) is 1.09. The number of hydrogen-bond acceptors (Lipinski definition) is 5. The molecule has 0 aromatic carbocycles. The first-order valence-corrected chi connectivity index (χ1v) is 10.3. The SMILES string of the molecule is CC(=O)N[C@H]1C(C)(C)[C@@H]2C[C@@H]3[C@@H](CCNC(=O)c4cc(C)no4)OCC[C@@]31C2. The first-order valence-electron chi connectivity index (χ1n) is 10.3. The minimum atomic E-state index is -0.240. The zero-order valence-electron chi connectivity index (χ0n) is 17.2. The summed E-state index contributed by atoms with van der Waals surface area (Å²) in [5, 5.41) is 9.96. The summed E-state index contributed by atoms with van der Waals surface area (Å²) < 4.78 is 11.2. The van der Waals surface area contributed by atoms with Gasteiger partial charge in [0.25, 0.3) is 5.91 Å². The van der Waals surface area contributed by atoms with Crippen molar-refractivity contribution in [3.05, 3.63) is 17.5 Å². The molecule has 2 amide bonds. The molecule has 7 heteroatoms.